The highest BCUT2D eigenvalue weighted by Gasteiger charge is 2.29. The van der Waals surface area contributed by atoms with Crippen LogP contribution in [0, 0.1) is 5.92 Å². The zero-order valence-corrected chi connectivity index (χ0v) is 18.7. The highest BCUT2D eigenvalue weighted by Crippen LogP contribution is 2.40. The van der Waals surface area contributed by atoms with Crippen LogP contribution >= 0.6 is 0 Å². The Kier molecular flexibility index (Phi) is 5.23. The second kappa shape index (κ2) is 8.37. The first kappa shape index (κ1) is 20.0. The number of rotatable bonds is 6. The standard InChI is InChI=1S/C25H31N5O2/c1-17(19-8-9-26-15-19)32-25-24-23(27-16-30(24)21-6-7-21)14-22(28-25)18-2-4-20(5-3-18)29-10-12-31-13-11-29/h2-5,14,16-17,19,21,26H,6-13,15H2,1H3/t17-,19-/m1/s1. The predicted molar refractivity (Wildman–Crippen MR) is 125 cm³/mol. The summed E-state index contributed by atoms with van der Waals surface area (Å²) in [7, 11) is 0. The Balaban J connectivity index is 1.34. The monoisotopic (exact) mass is 433 g/mol. The van der Waals surface area contributed by atoms with Crippen LogP contribution in [0.5, 0.6) is 5.88 Å². The lowest BCUT2D eigenvalue weighted by Crippen LogP contribution is -2.36. The number of ether oxygens (including phenoxy) is 2. The van der Waals surface area contributed by atoms with Crippen LogP contribution in [0.4, 0.5) is 5.69 Å². The Morgan fingerprint density at radius 1 is 1.12 bits per heavy atom. The van der Waals surface area contributed by atoms with Gasteiger partial charge in [-0.2, -0.15) is 0 Å². The van der Waals surface area contributed by atoms with Crippen LogP contribution in [0.25, 0.3) is 22.3 Å². The van der Waals surface area contributed by atoms with Gasteiger partial charge in [-0.15, -0.1) is 0 Å². The van der Waals surface area contributed by atoms with E-state index in [1.807, 2.05) is 6.33 Å². The van der Waals surface area contributed by atoms with Gasteiger partial charge < -0.3 is 24.3 Å². The minimum atomic E-state index is 0.113. The number of anilines is 1. The smallest absolute Gasteiger partial charge is 0.241 e. The molecule has 3 aliphatic rings. The number of morpholine rings is 1. The molecule has 168 valence electrons. The first-order valence-corrected chi connectivity index (χ1v) is 11.9. The number of aromatic nitrogens is 3. The summed E-state index contributed by atoms with van der Waals surface area (Å²) in [6.07, 6.45) is 5.64. The Morgan fingerprint density at radius 2 is 1.94 bits per heavy atom. The molecular formula is C25H31N5O2. The maximum Gasteiger partial charge on any atom is 0.241 e. The summed E-state index contributed by atoms with van der Waals surface area (Å²) in [5, 5.41) is 3.45. The molecule has 0 amide bonds. The van der Waals surface area contributed by atoms with Crippen LogP contribution < -0.4 is 15.0 Å². The number of pyridine rings is 1. The molecule has 2 atom stereocenters. The molecule has 7 nitrogen and oxygen atoms in total. The molecule has 2 saturated heterocycles. The molecule has 3 fully saturated rings. The molecule has 0 bridgehead atoms. The fourth-order valence-corrected chi connectivity index (χ4v) is 4.90. The minimum Gasteiger partial charge on any atom is -0.473 e. The van der Waals surface area contributed by atoms with Gasteiger partial charge in [-0.25, -0.2) is 9.97 Å². The number of hydrogen-bond acceptors (Lipinski definition) is 6. The fourth-order valence-electron chi connectivity index (χ4n) is 4.90. The zero-order valence-electron chi connectivity index (χ0n) is 18.7. The zero-order chi connectivity index (χ0) is 21.5. The average molecular weight is 434 g/mol. The van der Waals surface area contributed by atoms with Crippen molar-refractivity contribution in [1.82, 2.24) is 19.9 Å². The number of nitrogens with zero attached hydrogens (tertiary/aromatic N) is 4. The van der Waals surface area contributed by atoms with Crippen LogP contribution in [0.3, 0.4) is 0 Å². The molecule has 1 aliphatic carbocycles. The van der Waals surface area contributed by atoms with Gasteiger partial charge in [0.2, 0.25) is 5.88 Å². The quantitative estimate of drug-likeness (QED) is 0.640. The second-order valence-electron chi connectivity index (χ2n) is 9.29. The van der Waals surface area contributed by atoms with Crippen molar-refractivity contribution in [2.75, 3.05) is 44.3 Å². The third-order valence-corrected chi connectivity index (χ3v) is 7.06. The van der Waals surface area contributed by atoms with Crippen LogP contribution in [-0.2, 0) is 4.74 Å². The normalized spacial score (nSPS) is 22.4. The van der Waals surface area contributed by atoms with Gasteiger partial charge >= 0.3 is 0 Å². The third kappa shape index (κ3) is 3.84. The van der Waals surface area contributed by atoms with Crippen molar-refractivity contribution in [2.45, 2.75) is 38.3 Å². The second-order valence-corrected chi connectivity index (χ2v) is 9.29. The van der Waals surface area contributed by atoms with Gasteiger partial charge in [0, 0.05) is 42.8 Å². The summed E-state index contributed by atoms with van der Waals surface area (Å²) < 4.78 is 14.3. The van der Waals surface area contributed by atoms with Crippen molar-refractivity contribution in [1.29, 1.82) is 0 Å². The van der Waals surface area contributed by atoms with E-state index in [1.54, 1.807) is 0 Å². The molecule has 0 spiro atoms. The summed E-state index contributed by atoms with van der Waals surface area (Å²) in [5.41, 5.74) is 5.24. The number of imidazole rings is 1. The lowest BCUT2D eigenvalue weighted by atomic mass is 10.0. The Labute approximate surface area is 188 Å². The van der Waals surface area contributed by atoms with Gasteiger partial charge in [0.05, 0.1) is 30.8 Å². The van der Waals surface area contributed by atoms with E-state index in [-0.39, 0.29) is 6.10 Å². The summed E-state index contributed by atoms with van der Waals surface area (Å²) in [6.45, 7) is 7.71. The van der Waals surface area contributed by atoms with Gasteiger partial charge in [0.1, 0.15) is 11.6 Å². The van der Waals surface area contributed by atoms with Crippen molar-refractivity contribution in [2.24, 2.45) is 5.92 Å². The molecular weight excluding hydrogens is 402 g/mol. The molecule has 1 aromatic carbocycles. The first-order valence-electron chi connectivity index (χ1n) is 11.9. The van der Waals surface area contributed by atoms with Gasteiger partial charge in [-0.05, 0) is 50.9 Å². The molecule has 2 aromatic heterocycles. The topological polar surface area (TPSA) is 64.4 Å². The van der Waals surface area contributed by atoms with E-state index in [1.165, 1.54) is 18.5 Å². The Bertz CT molecular complexity index is 1080. The molecule has 7 heteroatoms. The van der Waals surface area contributed by atoms with E-state index >= 15 is 0 Å². The number of nitrogens with one attached hydrogen (secondary N) is 1. The molecule has 4 heterocycles. The fraction of sp³-hybridized carbons (Fsp3) is 0.520. The van der Waals surface area contributed by atoms with E-state index < -0.39 is 0 Å². The number of hydrogen-bond donors (Lipinski definition) is 1. The van der Waals surface area contributed by atoms with Gasteiger partial charge in [0.25, 0.3) is 0 Å². The molecule has 1 saturated carbocycles. The predicted octanol–water partition coefficient (Wildman–Crippen LogP) is 3.65. The summed E-state index contributed by atoms with van der Waals surface area (Å²) >= 11 is 0. The van der Waals surface area contributed by atoms with Crippen LogP contribution in [0.15, 0.2) is 36.7 Å². The SMILES string of the molecule is C[C@@H](Oc1nc(-c2ccc(N3CCOCC3)cc2)cc2ncn(C3CC3)c12)[C@@H]1CCNC1. The first-order chi connectivity index (χ1) is 15.8. The number of fused-ring (bicyclic) bond motifs is 1. The van der Waals surface area contributed by atoms with E-state index in [4.69, 9.17) is 19.4 Å². The Hall–Kier alpha value is -2.64. The third-order valence-electron chi connectivity index (χ3n) is 7.06. The summed E-state index contributed by atoms with van der Waals surface area (Å²) in [4.78, 5) is 12.1. The van der Waals surface area contributed by atoms with E-state index in [2.05, 4.69) is 52.0 Å². The van der Waals surface area contributed by atoms with Crippen molar-refractivity contribution >= 4 is 16.7 Å². The van der Waals surface area contributed by atoms with Crippen molar-refractivity contribution in [3.05, 3.63) is 36.7 Å². The van der Waals surface area contributed by atoms with E-state index in [0.717, 1.165) is 74.0 Å². The van der Waals surface area contributed by atoms with Crippen molar-refractivity contribution in [3.63, 3.8) is 0 Å². The highest BCUT2D eigenvalue weighted by molar-refractivity contribution is 5.85. The molecule has 32 heavy (non-hydrogen) atoms. The van der Waals surface area contributed by atoms with Crippen LogP contribution in [0.2, 0.25) is 0 Å². The van der Waals surface area contributed by atoms with Crippen LogP contribution in [0.1, 0.15) is 32.2 Å². The van der Waals surface area contributed by atoms with Gasteiger partial charge in [-0.1, -0.05) is 12.1 Å². The van der Waals surface area contributed by atoms with Gasteiger partial charge in [-0.3, -0.25) is 0 Å². The van der Waals surface area contributed by atoms with Crippen molar-refractivity contribution in [3.8, 4) is 17.1 Å². The lowest BCUT2D eigenvalue weighted by Gasteiger charge is -2.28. The highest BCUT2D eigenvalue weighted by atomic mass is 16.5. The van der Waals surface area contributed by atoms with E-state index in [0.29, 0.717) is 12.0 Å². The van der Waals surface area contributed by atoms with Crippen LogP contribution in [-0.4, -0.2) is 60.0 Å². The molecule has 6 rings (SSSR count). The molecule has 2 aliphatic heterocycles. The summed E-state index contributed by atoms with van der Waals surface area (Å²) in [6, 6.07) is 11.3. The molecule has 0 unspecified atom stereocenters. The van der Waals surface area contributed by atoms with Gasteiger partial charge in [0.15, 0.2) is 0 Å². The minimum absolute atomic E-state index is 0.113. The maximum atomic E-state index is 6.54. The maximum absolute atomic E-state index is 6.54. The lowest BCUT2D eigenvalue weighted by molar-refractivity contribution is 0.122. The Morgan fingerprint density at radius 3 is 2.66 bits per heavy atom. The van der Waals surface area contributed by atoms with Crippen molar-refractivity contribution < 1.29 is 9.47 Å². The van der Waals surface area contributed by atoms with E-state index in [9.17, 15) is 0 Å². The largest absolute Gasteiger partial charge is 0.473 e. The average Bonchev–Trinajstić information content (AvgIpc) is 3.34. The molecule has 1 N–H and O–H groups in total. The number of benzene rings is 1. The molecule has 0 radical (unpaired) electrons. The summed E-state index contributed by atoms with van der Waals surface area (Å²) in [5.74, 6) is 1.24. The molecule has 3 aromatic rings.